The van der Waals surface area contributed by atoms with Gasteiger partial charge in [0.15, 0.2) is 11.3 Å². The molecule has 1 aromatic carbocycles. The Morgan fingerprint density at radius 3 is 2.87 bits per heavy atom. The number of H-pyrrole nitrogens is 1. The van der Waals surface area contributed by atoms with Gasteiger partial charge in [0.05, 0.1) is 6.61 Å². The second-order valence-corrected chi connectivity index (χ2v) is 6.91. The lowest BCUT2D eigenvalue weighted by atomic mass is 10.1. The van der Waals surface area contributed by atoms with Crippen molar-refractivity contribution in [3.8, 4) is 0 Å². The number of aromatic amines is 1. The molecular formula is C23H20FN3O4. The molecular weight excluding hydrogens is 401 g/mol. The zero-order valence-electron chi connectivity index (χ0n) is 16.8. The highest BCUT2D eigenvalue weighted by molar-refractivity contribution is 6.26. The lowest BCUT2D eigenvalue weighted by molar-refractivity contribution is -0.140. The monoisotopic (exact) mass is 421 g/mol. The summed E-state index contributed by atoms with van der Waals surface area (Å²) in [6, 6.07) is 9.11. The van der Waals surface area contributed by atoms with E-state index in [-0.39, 0.29) is 23.8 Å². The van der Waals surface area contributed by atoms with E-state index in [4.69, 9.17) is 9.47 Å². The van der Waals surface area contributed by atoms with E-state index in [1.807, 2.05) is 13.0 Å². The highest BCUT2D eigenvalue weighted by Crippen LogP contribution is 2.30. The molecule has 7 nitrogen and oxygen atoms in total. The summed E-state index contributed by atoms with van der Waals surface area (Å²) in [6.07, 6.45) is 6.42. The van der Waals surface area contributed by atoms with E-state index in [1.54, 1.807) is 24.5 Å². The Labute approximate surface area is 177 Å². The first-order chi connectivity index (χ1) is 15.1. The number of fused-ring (bicyclic) bond motifs is 1. The van der Waals surface area contributed by atoms with Crippen molar-refractivity contribution in [2.45, 2.75) is 19.8 Å². The number of carbonyl (C=O) groups excluding carboxylic acids is 2. The maximum absolute atomic E-state index is 13.2. The van der Waals surface area contributed by atoms with E-state index in [0.29, 0.717) is 23.3 Å². The van der Waals surface area contributed by atoms with Crippen molar-refractivity contribution in [3.05, 3.63) is 77.4 Å². The highest BCUT2D eigenvalue weighted by atomic mass is 19.1. The molecule has 0 aliphatic carbocycles. The van der Waals surface area contributed by atoms with Crippen molar-refractivity contribution in [1.82, 2.24) is 9.97 Å². The summed E-state index contributed by atoms with van der Waals surface area (Å²) in [5.41, 5.74) is 1.58. The van der Waals surface area contributed by atoms with Crippen LogP contribution in [0, 0.1) is 5.82 Å². The van der Waals surface area contributed by atoms with Crippen LogP contribution in [0.4, 0.5) is 10.1 Å². The molecule has 3 aromatic rings. The molecule has 0 bridgehead atoms. The van der Waals surface area contributed by atoms with Crippen LogP contribution < -0.4 is 5.32 Å². The minimum Gasteiger partial charge on any atom is -0.462 e. The number of ether oxygens (including phenoxy) is 2. The second-order valence-electron chi connectivity index (χ2n) is 6.91. The van der Waals surface area contributed by atoms with E-state index in [1.165, 1.54) is 24.3 Å². The SMILES string of the molecule is CCCCOC(=O)C1=C(Nc2ccc(F)cc2)O/C(=C\c2c[nH]c3ncccc23)C1=O. The number of hydrogen-bond donors (Lipinski definition) is 2. The number of allylic oxidation sites excluding steroid dienone is 1. The van der Waals surface area contributed by atoms with Gasteiger partial charge in [0.1, 0.15) is 11.5 Å². The molecule has 0 fully saturated rings. The zero-order valence-corrected chi connectivity index (χ0v) is 16.8. The van der Waals surface area contributed by atoms with Crippen LogP contribution in [0.1, 0.15) is 25.3 Å². The number of unbranched alkanes of at least 4 members (excludes halogenated alkanes) is 1. The molecule has 0 unspecified atom stereocenters. The quantitative estimate of drug-likeness (QED) is 0.256. The minimum absolute atomic E-state index is 0.0307. The van der Waals surface area contributed by atoms with Gasteiger partial charge in [-0.2, -0.15) is 0 Å². The number of ketones is 1. The number of carbonyl (C=O) groups is 2. The van der Waals surface area contributed by atoms with Crippen LogP contribution in [0.15, 0.2) is 66.0 Å². The van der Waals surface area contributed by atoms with Crippen LogP contribution in [0.3, 0.4) is 0 Å². The Morgan fingerprint density at radius 2 is 2.10 bits per heavy atom. The number of benzene rings is 1. The van der Waals surface area contributed by atoms with Crippen molar-refractivity contribution in [3.63, 3.8) is 0 Å². The fourth-order valence-corrected chi connectivity index (χ4v) is 3.09. The summed E-state index contributed by atoms with van der Waals surface area (Å²) >= 11 is 0. The Morgan fingerprint density at radius 1 is 1.29 bits per heavy atom. The van der Waals surface area contributed by atoms with Crippen LogP contribution in [-0.2, 0) is 19.1 Å². The smallest absolute Gasteiger partial charge is 0.347 e. The molecule has 158 valence electrons. The number of aromatic nitrogens is 2. The molecule has 4 rings (SSSR count). The molecule has 2 N–H and O–H groups in total. The third kappa shape index (κ3) is 4.32. The van der Waals surface area contributed by atoms with Crippen LogP contribution in [0.2, 0.25) is 0 Å². The summed E-state index contributed by atoms with van der Waals surface area (Å²) in [5, 5.41) is 3.68. The Balaban J connectivity index is 1.66. The summed E-state index contributed by atoms with van der Waals surface area (Å²) in [5.74, 6) is -1.86. The number of rotatable bonds is 7. The highest BCUT2D eigenvalue weighted by Gasteiger charge is 2.37. The number of halogens is 1. The Kier molecular flexibility index (Phi) is 5.79. The second kappa shape index (κ2) is 8.83. The average molecular weight is 421 g/mol. The summed E-state index contributed by atoms with van der Waals surface area (Å²) in [4.78, 5) is 32.9. The number of nitrogens with one attached hydrogen (secondary N) is 2. The molecule has 8 heteroatoms. The molecule has 3 heterocycles. The molecule has 0 radical (unpaired) electrons. The van der Waals surface area contributed by atoms with E-state index in [9.17, 15) is 14.0 Å². The summed E-state index contributed by atoms with van der Waals surface area (Å²) in [6.45, 7) is 2.17. The van der Waals surface area contributed by atoms with Crippen LogP contribution >= 0.6 is 0 Å². The van der Waals surface area contributed by atoms with Crippen molar-refractivity contribution in [2.24, 2.45) is 0 Å². The normalized spacial score (nSPS) is 14.9. The zero-order chi connectivity index (χ0) is 21.8. The topological polar surface area (TPSA) is 93.3 Å². The van der Waals surface area contributed by atoms with Gasteiger partial charge in [-0.05, 0) is 48.9 Å². The van der Waals surface area contributed by atoms with E-state index >= 15 is 0 Å². The molecule has 0 spiro atoms. The fourth-order valence-electron chi connectivity index (χ4n) is 3.09. The largest absolute Gasteiger partial charge is 0.462 e. The van der Waals surface area contributed by atoms with Crippen molar-refractivity contribution in [2.75, 3.05) is 11.9 Å². The number of Topliss-reactive ketones (excluding diaryl/α,β-unsaturated/α-hetero) is 1. The van der Waals surface area contributed by atoms with Gasteiger partial charge in [-0.25, -0.2) is 14.2 Å². The Hall–Kier alpha value is -3.94. The van der Waals surface area contributed by atoms with Crippen LogP contribution in [0.5, 0.6) is 0 Å². The molecule has 1 aliphatic heterocycles. The molecule has 2 aromatic heterocycles. The fraction of sp³-hybridized carbons (Fsp3) is 0.174. The first-order valence-corrected chi connectivity index (χ1v) is 9.87. The number of nitrogens with zero attached hydrogens (tertiary/aromatic N) is 1. The minimum atomic E-state index is -0.771. The maximum atomic E-state index is 13.2. The molecule has 0 saturated heterocycles. The number of esters is 1. The number of pyridine rings is 1. The van der Waals surface area contributed by atoms with E-state index in [2.05, 4.69) is 15.3 Å². The van der Waals surface area contributed by atoms with Gasteiger partial charge in [-0.15, -0.1) is 0 Å². The van der Waals surface area contributed by atoms with Gasteiger partial charge in [-0.3, -0.25) is 4.79 Å². The summed E-state index contributed by atoms with van der Waals surface area (Å²) < 4.78 is 24.2. The van der Waals surface area contributed by atoms with Crippen LogP contribution in [-0.4, -0.2) is 28.3 Å². The van der Waals surface area contributed by atoms with Crippen molar-refractivity contribution >= 4 is 34.5 Å². The average Bonchev–Trinajstić information content (AvgIpc) is 3.31. The molecule has 0 amide bonds. The summed E-state index contributed by atoms with van der Waals surface area (Å²) in [7, 11) is 0. The van der Waals surface area contributed by atoms with Crippen molar-refractivity contribution in [1.29, 1.82) is 0 Å². The molecule has 1 aliphatic rings. The van der Waals surface area contributed by atoms with Gasteiger partial charge in [0.2, 0.25) is 11.7 Å². The third-order valence-electron chi connectivity index (χ3n) is 4.70. The van der Waals surface area contributed by atoms with Gasteiger partial charge < -0.3 is 19.8 Å². The van der Waals surface area contributed by atoms with Crippen molar-refractivity contribution < 1.29 is 23.5 Å². The number of hydrogen-bond acceptors (Lipinski definition) is 6. The Bertz CT molecular complexity index is 1200. The van der Waals surface area contributed by atoms with Gasteiger partial charge in [-0.1, -0.05) is 13.3 Å². The van der Waals surface area contributed by atoms with Crippen LogP contribution in [0.25, 0.3) is 17.1 Å². The predicted molar refractivity (Wildman–Crippen MR) is 113 cm³/mol. The predicted octanol–water partition coefficient (Wildman–Crippen LogP) is 4.31. The first-order valence-electron chi connectivity index (χ1n) is 9.87. The van der Waals surface area contributed by atoms with Gasteiger partial charge >= 0.3 is 5.97 Å². The van der Waals surface area contributed by atoms with Gasteiger partial charge in [0.25, 0.3) is 0 Å². The standard InChI is InChI=1S/C23H20FN3O4/c1-2-3-11-30-23(29)19-20(28)18(12-14-13-26-21-17(14)5-4-10-25-21)31-22(19)27-16-8-6-15(24)7-9-16/h4-10,12-13,27H,2-3,11H2,1H3,(H,25,26)/b18-12-. The molecule has 0 saturated carbocycles. The maximum Gasteiger partial charge on any atom is 0.347 e. The van der Waals surface area contributed by atoms with E-state index in [0.717, 1.165) is 11.8 Å². The van der Waals surface area contributed by atoms with E-state index < -0.39 is 17.6 Å². The lowest BCUT2D eigenvalue weighted by Gasteiger charge is -2.09. The first kappa shape index (κ1) is 20.3. The third-order valence-corrected chi connectivity index (χ3v) is 4.70. The number of anilines is 1. The van der Waals surface area contributed by atoms with Gasteiger partial charge in [0, 0.05) is 29.0 Å². The molecule has 0 atom stereocenters. The molecule has 31 heavy (non-hydrogen) atoms. The lowest BCUT2D eigenvalue weighted by Crippen LogP contribution is -2.16.